The molecule has 9 atom stereocenters. The van der Waals surface area contributed by atoms with E-state index in [1.165, 1.54) is 0 Å². The van der Waals surface area contributed by atoms with Crippen molar-refractivity contribution < 1.29 is 54.0 Å². The molecule has 5 aromatic rings. The molecule has 10 rings (SSSR count). The SMILES string of the molecule is COCCCC1Oc2c(cc(OC)c3cc(O)ccc23)C(OC2CC(O)CC3CCCNC32)C1C1COc2c(Cc3cc(O)ccc3-c3cccc(O)c3)cc(OC3CCCC3)cc2C1O. The van der Waals surface area contributed by atoms with E-state index in [4.69, 9.17) is 28.4 Å². The highest BCUT2D eigenvalue weighted by molar-refractivity contribution is 5.96. The molecule has 0 bridgehead atoms. The fourth-order valence-corrected chi connectivity index (χ4v) is 11.9. The van der Waals surface area contributed by atoms with Crippen LogP contribution in [0.25, 0.3) is 21.9 Å². The highest BCUT2D eigenvalue weighted by Crippen LogP contribution is 2.56. The highest BCUT2D eigenvalue weighted by Gasteiger charge is 2.51. The number of aliphatic hydroxyl groups excluding tert-OH is 2. The van der Waals surface area contributed by atoms with Crippen LogP contribution in [0.1, 0.15) is 98.7 Å². The topological polar surface area (TPSA) is 169 Å². The first-order valence-electron chi connectivity index (χ1n) is 24.0. The zero-order valence-corrected chi connectivity index (χ0v) is 37.9. The third-order valence-electron chi connectivity index (χ3n) is 15.0. The summed E-state index contributed by atoms with van der Waals surface area (Å²) >= 11 is 0. The van der Waals surface area contributed by atoms with Crippen LogP contribution in [-0.4, -0.2) is 90.0 Å². The predicted octanol–water partition coefficient (Wildman–Crippen LogP) is 9.04. The Morgan fingerprint density at radius 3 is 2.41 bits per heavy atom. The Balaban J connectivity index is 1.09. The molecule has 3 aliphatic heterocycles. The standard InChI is InChI=1S/C54H63NO11/c1-61-19-7-13-46-49(54(66-48-26-37(59)22-31-9-6-18-55-50(31)48)44-28-47(62-2)42-25-36(58)15-17-41(42)53(44)65-46)45-29-63-52-33(24-39(27-43(52)51(45)60)64-38-11-3-4-12-38)20-32-23-35(57)14-16-40(32)30-8-5-10-34(56)21-30/h5,8,10,14-17,21,23-25,27-28,31,37-38,45-46,48-51,54-60H,3-4,6-7,9,11-13,18-20,22,26,29H2,1-2H3. The molecule has 3 heterocycles. The van der Waals surface area contributed by atoms with Crippen LogP contribution in [0.5, 0.6) is 40.2 Å². The monoisotopic (exact) mass is 901 g/mol. The average Bonchev–Trinajstić information content (AvgIpc) is 3.82. The van der Waals surface area contributed by atoms with E-state index in [-0.39, 0.29) is 48.0 Å². The molecular weight excluding hydrogens is 839 g/mol. The van der Waals surface area contributed by atoms with Crippen molar-refractivity contribution in [2.45, 2.75) is 113 Å². The molecule has 6 N–H and O–H groups in total. The molecule has 9 unspecified atom stereocenters. The summed E-state index contributed by atoms with van der Waals surface area (Å²) in [5.41, 5.74) is 4.69. The normalized spacial score (nSPS) is 27.3. The largest absolute Gasteiger partial charge is 0.508 e. The van der Waals surface area contributed by atoms with E-state index in [9.17, 15) is 25.5 Å². The van der Waals surface area contributed by atoms with Crippen LogP contribution in [0.4, 0.5) is 0 Å². The number of benzene rings is 5. The van der Waals surface area contributed by atoms with Crippen LogP contribution in [0.2, 0.25) is 0 Å². The van der Waals surface area contributed by atoms with Gasteiger partial charge in [-0.15, -0.1) is 0 Å². The Hall–Kier alpha value is -5.24. The molecule has 3 fully saturated rings. The van der Waals surface area contributed by atoms with E-state index >= 15 is 0 Å². The maximum Gasteiger partial charge on any atom is 0.133 e. The van der Waals surface area contributed by atoms with Gasteiger partial charge in [-0.05, 0) is 148 Å². The number of phenolic OH excluding ortho intramolecular Hbond substituents is 3. The van der Waals surface area contributed by atoms with Gasteiger partial charge in [0.15, 0.2) is 0 Å². The van der Waals surface area contributed by atoms with Gasteiger partial charge in [0.05, 0.1) is 44.2 Å². The van der Waals surface area contributed by atoms with Gasteiger partial charge in [-0.1, -0.05) is 18.2 Å². The number of phenols is 3. The number of aromatic hydroxyl groups is 3. The fourth-order valence-electron chi connectivity index (χ4n) is 11.9. The number of hydrogen-bond donors (Lipinski definition) is 6. The fraction of sp³-hybridized carbons (Fsp3) is 0.481. The van der Waals surface area contributed by atoms with Crippen molar-refractivity contribution in [3.63, 3.8) is 0 Å². The molecule has 0 amide bonds. The number of fused-ring (bicyclic) bond motifs is 5. The summed E-state index contributed by atoms with van der Waals surface area (Å²) < 4.78 is 40.0. The Bertz CT molecular complexity index is 2520. The van der Waals surface area contributed by atoms with Gasteiger partial charge < -0.3 is 59.3 Å². The smallest absolute Gasteiger partial charge is 0.133 e. The van der Waals surface area contributed by atoms with Crippen molar-refractivity contribution in [1.82, 2.24) is 5.32 Å². The maximum atomic E-state index is 13.1. The second kappa shape index (κ2) is 19.2. The minimum absolute atomic E-state index is 0.0496. The molecule has 12 nitrogen and oxygen atoms in total. The third kappa shape index (κ3) is 8.86. The lowest BCUT2D eigenvalue weighted by molar-refractivity contribution is -0.160. The summed E-state index contributed by atoms with van der Waals surface area (Å²) in [7, 11) is 3.31. The Labute approximate surface area is 386 Å². The molecule has 12 heteroatoms. The van der Waals surface area contributed by atoms with Crippen molar-refractivity contribution in [3.05, 3.63) is 101 Å². The molecule has 5 aliphatic rings. The van der Waals surface area contributed by atoms with E-state index in [1.54, 1.807) is 56.7 Å². The van der Waals surface area contributed by atoms with Crippen LogP contribution in [0, 0.1) is 17.8 Å². The number of ether oxygens (including phenoxy) is 6. The van der Waals surface area contributed by atoms with Crippen LogP contribution in [-0.2, 0) is 15.9 Å². The number of aliphatic hydroxyl groups is 2. The third-order valence-corrected chi connectivity index (χ3v) is 15.0. The number of nitrogens with one attached hydrogen (secondary N) is 1. The van der Waals surface area contributed by atoms with E-state index < -0.39 is 36.3 Å². The molecule has 1 saturated heterocycles. The highest BCUT2D eigenvalue weighted by atomic mass is 16.5. The second-order valence-corrected chi connectivity index (χ2v) is 19.2. The van der Waals surface area contributed by atoms with E-state index in [1.807, 2.05) is 36.4 Å². The van der Waals surface area contributed by atoms with E-state index in [0.717, 1.165) is 84.7 Å². The molecule has 0 spiro atoms. The van der Waals surface area contributed by atoms with Gasteiger partial charge in [-0.25, -0.2) is 0 Å². The Morgan fingerprint density at radius 1 is 0.773 bits per heavy atom. The van der Waals surface area contributed by atoms with Gasteiger partial charge in [-0.3, -0.25) is 0 Å². The molecule has 0 aromatic heterocycles. The first kappa shape index (κ1) is 44.6. The van der Waals surface area contributed by atoms with Crippen LogP contribution >= 0.6 is 0 Å². The van der Waals surface area contributed by atoms with Gasteiger partial charge in [0.1, 0.15) is 46.4 Å². The first-order chi connectivity index (χ1) is 32.1. The van der Waals surface area contributed by atoms with Gasteiger partial charge in [0.25, 0.3) is 0 Å². The summed E-state index contributed by atoms with van der Waals surface area (Å²) in [4.78, 5) is 0. The summed E-state index contributed by atoms with van der Waals surface area (Å²) in [6, 6.07) is 23.5. The lowest BCUT2D eigenvalue weighted by Gasteiger charge is -2.50. The molecule has 2 aliphatic carbocycles. The Morgan fingerprint density at radius 2 is 1.59 bits per heavy atom. The van der Waals surface area contributed by atoms with Gasteiger partial charge in [0, 0.05) is 71.9 Å². The molecular formula is C54H63NO11. The van der Waals surface area contributed by atoms with Gasteiger partial charge in [0.2, 0.25) is 0 Å². The van der Waals surface area contributed by atoms with E-state index in [2.05, 4.69) is 5.32 Å². The number of methoxy groups -OCH3 is 2. The zero-order chi connectivity index (χ0) is 45.5. The summed E-state index contributed by atoms with van der Waals surface area (Å²) in [6.45, 7) is 1.55. The second-order valence-electron chi connectivity index (χ2n) is 19.2. The molecule has 2 saturated carbocycles. The maximum absolute atomic E-state index is 13.1. The molecule has 350 valence electrons. The van der Waals surface area contributed by atoms with E-state index in [0.29, 0.717) is 66.2 Å². The summed E-state index contributed by atoms with van der Waals surface area (Å²) in [5.74, 6) is 2.11. The van der Waals surface area contributed by atoms with Gasteiger partial charge in [-0.2, -0.15) is 0 Å². The number of piperidine rings is 1. The van der Waals surface area contributed by atoms with Crippen molar-refractivity contribution >= 4 is 10.8 Å². The lowest BCUT2D eigenvalue weighted by Crippen LogP contribution is -2.56. The molecule has 5 aromatic carbocycles. The molecule has 0 radical (unpaired) electrons. The summed E-state index contributed by atoms with van der Waals surface area (Å²) in [6.07, 6.45) is 6.12. The first-order valence-corrected chi connectivity index (χ1v) is 24.0. The number of rotatable bonds is 13. The van der Waals surface area contributed by atoms with Crippen molar-refractivity contribution in [2.75, 3.05) is 34.0 Å². The van der Waals surface area contributed by atoms with Crippen molar-refractivity contribution in [2.24, 2.45) is 17.8 Å². The van der Waals surface area contributed by atoms with Crippen LogP contribution in [0.3, 0.4) is 0 Å². The minimum atomic E-state index is -1.03. The number of hydrogen-bond acceptors (Lipinski definition) is 12. The lowest BCUT2D eigenvalue weighted by atomic mass is 9.71. The zero-order valence-electron chi connectivity index (χ0n) is 37.9. The quantitative estimate of drug-likeness (QED) is 0.0622. The average molecular weight is 902 g/mol. The predicted molar refractivity (Wildman–Crippen MR) is 250 cm³/mol. The summed E-state index contributed by atoms with van der Waals surface area (Å²) in [5, 5.41) is 61.6. The van der Waals surface area contributed by atoms with Crippen LogP contribution < -0.4 is 24.3 Å². The molecule has 66 heavy (non-hydrogen) atoms. The van der Waals surface area contributed by atoms with Crippen molar-refractivity contribution in [3.8, 4) is 51.4 Å². The van der Waals surface area contributed by atoms with Gasteiger partial charge >= 0.3 is 0 Å². The van der Waals surface area contributed by atoms with Crippen LogP contribution in [0.15, 0.2) is 78.9 Å². The van der Waals surface area contributed by atoms with Crippen molar-refractivity contribution in [1.29, 1.82) is 0 Å². The Kier molecular flexibility index (Phi) is 12.9. The minimum Gasteiger partial charge on any atom is -0.508 e.